The van der Waals surface area contributed by atoms with Crippen molar-refractivity contribution in [1.29, 1.82) is 0 Å². The van der Waals surface area contributed by atoms with E-state index >= 15 is 0 Å². The fourth-order valence-electron chi connectivity index (χ4n) is 4.37. The Labute approximate surface area is 215 Å². The minimum atomic E-state index is -1.42. The summed E-state index contributed by atoms with van der Waals surface area (Å²) in [5.74, 6) is 2.93. The maximum atomic E-state index is 14.2. The van der Waals surface area contributed by atoms with E-state index in [-0.39, 0.29) is 11.9 Å². The molecule has 0 N–H and O–H groups in total. The molecule has 0 aliphatic carbocycles. The van der Waals surface area contributed by atoms with Gasteiger partial charge in [-0.15, -0.1) is 0 Å². The zero-order chi connectivity index (χ0) is 26.6. The van der Waals surface area contributed by atoms with Gasteiger partial charge in [-0.05, 0) is 43.7 Å². The van der Waals surface area contributed by atoms with Gasteiger partial charge in [-0.3, -0.25) is 4.79 Å². The van der Waals surface area contributed by atoms with Gasteiger partial charge in [-0.2, -0.15) is 0 Å². The van der Waals surface area contributed by atoms with Crippen LogP contribution in [0.1, 0.15) is 55.3 Å². The molecule has 0 spiro atoms. The number of methoxy groups -OCH3 is 4. The van der Waals surface area contributed by atoms with Gasteiger partial charge in [0.25, 0.3) is 0 Å². The average molecular weight is 515 g/mol. The van der Waals surface area contributed by atoms with Gasteiger partial charge in [-0.1, -0.05) is 26.4 Å². The van der Waals surface area contributed by atoms with E-state index in [9.17, 15) is 4.79 Å². The Kier molecular flexibility index (Phi) is 8.95. The predicted molar refractivity (Wildman–Crippen MR) is 145 cm³/mol. The summed E-state index contributed by atoms with van der Waals surface area (Å²) in [6.45, 7) is 10.5. The molecule has 196 valence electrons. The number of hydrogen-bond acceptors (Lipinski definition) is 7. The first-order valence-electron chi connectivity index (χ1n) is 12.4. The van der Waals surface area contributed by atoms with Crippen molar-refractivity contribution in [3.05, 3.63) is 35.1 Å². The van der Waals surface area contributed by atoms with E-state index in [4.69, 9.17) is 28.1 Å². The van der Waals surface area contributed by atoms with Crippen LogP contribution >= 0.6 is 0 Å². The van der Waals surface area contributed by atoms with Crippen LogP contribution in [0.25, 0.3) is 11.0 Å². The Bertz CT molecular complexity index is 1200. The smallest absolute Gasteiger partial charge is 0.205 e. The van der Waals surface area contributed by atoms with Gasteiger partial charge in [0.15, 0.2) is 28.6 Å². The third kappa shape index (κ3) is 5.19. The molecule has 7 nitrogen and oxygen atoms in total. The number of ketones is 1. The quantitative estimate of drug-likeness (QED) is 0.233. The third-order valence-corrected chi connectivity index (χ3v) is 7.79. The predicted octanol–water partition coefficient (Wildman–Crippen LogP) is 5.52. The van der Waals surface area contributed by atoms with Crippen molar-refractivity contribution in [2.24, 2.45) is 0 Å². The fraction of sp³-hybridized carbons (Fsp3) is 0.464. The van der Waals surface area contributed by atoms with Crippen LogP contribution in [0.15, 0.2) is 22.6 Å². The van der Waals surface area contributed by atoms with Crippen molar-refractivity contribution in [3.63, 3.8) is 0 Å². The number of benzene rings is 2. The Hall–Kier alpha value is -3.13. The minimum Gasteiger partial charge on any atom is -0.493 e. The topological polar surface area (TPSA) is 76.4 Å². The van der Waals surface area contributed by atoms with Gasteiger partial charge >= 0.3 is 0 Å². The lowest BCUT2D eigenvalue weighted by atomic mass is 9.97. The van der Waals surface area contributed by atoms with E-state index in [1.165, 1.54) is 21.3 Å². The van der Waals surface area contributed by atoms with Crippen LogP contribution in [0.2, 0.25) is 13.1 Å². The molecule has 0 unspecified atom stereocenters. The largest absolute Gasteiger partial charge is 0.493 e. The molecule has 8 heteroatoms. The number of carbonyl (C=O) groups is 1. The highest BCUT2D eigenvalue weighted by Crippen LogP contribution is 2.43. The first-order chi connectivity index (χ1) is 17.2. The molecule has 0 amide bonds. The molecule has 0 saturated carbocycles. The van der Waals surface area contributed by atoms with E-state index < -0.39 is 8.80 Å². The van der Waals surface area contributed by atoms with E-state index in [0.717, 1.165) is 23.4 Å². The number of fused-ring (bicyclic) bond motifs is 1. The fourth-order valence-corrected chi connectivity index (χ4v) is 5.71. The van der Waals surface area contributed by atoms with Crippen molar-refractivity contribution >= 4 is 30.7 Å². The third-order valence-electron chi connectivity index (χ3n) is 6.09. The summed E-state index contributed by atoms with van der Waals surface area (Å²) in [6, 6.07) is 5.39. The summed E-state index contributed by atoms with van der Waals surface area (Å²) >= 11 is 0. The highest BCUT2D eigenvalue weighted by molar-refractivity contribution is 6.73. The van der Waals surface area contributed by atoms with Gasteiger partial charge in [0.1, 0.15) is 5.76 Å². The number of furan rings is 1. The zero-order valence-corrected chi connectivity index (χ0v) is 24.0. The standard InChI is InChI=1S/C28H38O7Si/c1-10-11-12-18-23(25(29)17-13-19(30-4)26(33-7)20(14-17)31-5)24-22(36(8)9)15-21(32-6)27(28(24)35-18)34-16(2)3/h13-16,36H,10-12H2,1-9H3. The van der Waals surface area contributed by atoms with Crippen LogP contribution in [0, 0.1) is 0 Å². The van der Waals surface area contributed by atoms with Crippen molar-refractivity contribution in [2.45, 2.75) is 59.2 Å². The summed E-state index contributed by atoms with van der Waals surface area (Å²) in [4.78, 5) is 14.2. The van der Waals surface area contributed by atoms with Crippen molar-refractivity contribution in [2.75, 3.05) is 28.4 Å². The molecule has 0 bridgehead atoms. The Morgan fingerprint density at radius 3 is 1.97 bits per heavy atom. The molecule has 36 heavy (non-hydrogen) atoms. The first kappa shape index (κ1) is 27.5. The number of rotatable bonds is 12. The second-order valence-corrected chi connectivity index (χ2v) is 12.2. The highest BCUT2D eigenvalue weighted by atomic mass is 28.3. The highest BCUT2D eigenvalue weighted by Gasteiger charge is 2.30. The molecule has 0 radical (unpaired) electrons. The number of aryl methyl sites for hydroxylation is 1. The molecule has 0 saturated heterocycles. The van der Waals surface area contributed by atoms with Crippen LogP contribution in [0.5, 0.6) is 28.7 Å². The molecule has 1 aromatic heterocycles. The molecule has 0 aliphatic rings. The Morgan fingerprint density at radius 2 is 1.50 bits per heavy atom. The molecular weight excluding hydrogens is 476 g/mol. The summed E-state index contributed by atoms with van der Waals surface area (Å²) in [6.07, 6.45) is 2.41. The number of carbonyl (C=O) groups excluding carboxylic acids is 1. The van der Waals surface area contributed by atoms with E-state index in [1.54, 1.807) is 19.2 Å². The number of hydrogen-bond donors (Lipinski definition) is 0. The van der Waals surface area contributed by atoms with E-state index in [1.807, 2.05) is 19.9 Å². The van der Waals surface area contributed by atoms with E-state index in [0.29, 0.717) is 57.6 Å². The summed E-state index contributed by atoms with van der Waals surface area (Å²) < 4.78 is 34.8. The Balaban J connectivity index is 2.40. The van der Waals surface area contributed by atoms with Crippen LogP contribution < -0.4 is 28.9 Å². The second kappa shape index (κ2) is 11.7. The summed E-state index contributed by atoms with van der Waals surface area (Å²) in [7, 11) is 4.83. The normalized spacial score (nSPS) is 11.3. The lowest BCUT2D eigenvalue weighted by molar-refractivity contribution is 0.103. The van der Waals surface area contributed by atoms with Crippen LogP contribution in [0.4, 0.5) is 0 Å². The number of unbranched alkanes of at least 4 members (excludes halogenated alkanes) is 1. The Morgan fingerprint density at radius 1 is 0.917 bits per heavy atom. The van der Waals surface area contributed by atoms with Crippen LogP contribution in [0.3, 0.4) is 0 Å². The number of ether oxygens (including phenoxy) is 5. The molecule has 0 aliphatic heterocycles. The van der Waals surface area contributed by atoms with Gasteiger partial charge in [-0.25, -0.2) is 0 Å². The molecule has 0 fully saturated rings. The molecule has 3 aromatic rings. The van der Waals surface area contributed by atoms with Crippen molar-refractivity contribution in [1.82, 2.24) is 0 Å². The first-order valence-corrected chi connectivity index (χ1v) is 15.3. The monoisotopic (exact) mass is 514 g/mol. The van der Waals surface area contributed by atoms with Crippen LogP contribution in [-0.2, 0) is 6.42 Å². The zero-order valence-electron chi connectivity index (χ0n) is 22.9. The van der Waals surface area contributed by atoms with Gasteiger partial charge in [0.2, 0.25) is 11.5 Å². The lowest BCUT2D eigenvalue weighted by Gasteiger charge is -2.17. The molecule has 0 atom stereocenters. The molecule has 1 heterocycles. The summed E-state index contributed by atoms with van der Waals surface area (Å²) in [5, 5.41) is 1.92. The van der Waals surface area contributed by atoms with E-state index in [2.05, 4.69) is 20.0 Å². The van der Waals surface area contributed by atoms with Gasteiger partial charge in [0.05, 0.1) is 48.9 Å². The summed E-state index contributed by atoms with van der Waals surface area (Å²) in [5.41, 5.74) is 1.57. The second-order valence-electron chi connectivity index (χ2n) is 9.27. The van der Waals surface area contributed by atoms with Crippen molar-refractivity contribution < 1.29 is 32.9 Å². The molecule has 2 aromatic carbocycles. The molecular formula is C28H38O7Si. The average Bonchev–Trinajstić information content (AvgIpc) is 3.24. The van der Waals surface area contributed by atoms with Gasteiger partial charge < -0.3 is 28.1 Å². The van der Waals surface area contributed by atoms with Gasteiger partial charge in [0, 0.05) is 17.4 Å². The maximum Gasteiger partial charge on any atom is 0.205 e. The maximum absolute atomic E-state index is 14.2. The van der Waals surface area contributed by atoms with Crippen molar-refractivity contribution in [3.8, 4) is 28.7 Å². The minimum absolute atomic E-state index is 0.0947. The molecule has 3 rings (SSSR count). The van der Waals surface area contributed by atoms with Crippen LogP contribution in [-0.4, -0.2) is 49.1 Å². The SMILES string of the molecule is CCCCc1oc2c(OC(C)C)c(OC)cc([SiH](C)C)c2c1C(=O)c1cc(OC)c(OC)c(OC)c1. The lowest BCUT2D eigenvalue weighted by Crippen LogP contribution is -2.25.